The van der Waals surface area contributed by atoms with Crippen molar-refractivity contribution in [2.45, 2.75) is 0 Å². The van der Waals surface area contributed by atoms with Crippen molar-refractivity contribution in [1.82, 2.24) is 6.15 Å². The molecule has 1 aromatic carbocycles. The Morgan fingerprint density at radius 2 is 1.75 bits per heavy atom. The summed E-state index contributed by atoms with van der Waals surface area (Å²) in [5.74, 6) is 0. The second kappa shape index (κ2) is 6.76. The molecule has 0 bridgehead atoms. The van der Waals surface area contributed by atoms with E-state index in [0.717, 1.165) is 0 Å². The molecule has 0 saturated carbocycles. The summed E-state index contributed by atoms with van der Waals surface area (Å²) < 4.78 is 0. The molecule has 0 radical (unpaired) electrons. The lowest BCUT2D eigenvalue weighted by atomic mass is 10.3. The van der Waals surface area contributed by atoms with E-state index in [9.17, 15) is 4.91 Å². The number of para-hydroxylation sites is 1. The molecule has 0 saturated heterocycles. The van der Waals surface area contributed by atoms with Gasteiger partial charge < -0.3 is 6.15 Å². The Labute approximate surface area is 80.6 Å². The van der Waals surface area contributed by atoms with Gasteiger partial charge in [0.2, 0.25) is 0 Å². The molecule has 4 N–H and O–H groups in total. The maximum atomic E-state index is 9.73. The molecule has 0 heterocycles. The lowest BCUT2D eigenvalue weighted by Crippen LogP contribution is -2.06. The van der Waals surface area contributed by atoms with Crippen LogP contribution in [0.2, 0.25) is 0 Å². The van der Waals surface area contributed by atoms with Crippen molar-refractivity contribution in [3.05, 3.63) is 35.2 Å². The van der Waals surface area contributed by atoms with E-state index in [1.54, 1.807) is 30.3 Å². The Balaban J connectivity index is 0. The quantitative estimate of drug-likeness (QED) is 0.400. The lowest BCUT2D eigenvalue weighted by molar-refractivity contribution is 0.258. The van der Waals surface area contributed by atoms with E-state index in [1.807, 2.05) is 0 Å². The third kappa shape index (κ3) is 3.46. The highest BCUT2D eigenvalue weighted by Crippen LogP contribution is 2.09. The zero-order valence-corrected chi connectivity index (χ0v) is 5.84. The van der Waals surface area contributed by atoms with E-state index in [2.05, 4.69) is 5.29 Å². The second-order valence-corrected chi connectivity index (χ2v) is 1.71. The molecule has 0 amide bonds. The first-order chi connectivity index (χ1) is 4.84. The van der Waals surface area contributed by atoms with Crippen LogP contribution in [0.1, 0.15) is 0 Å². The Morgan fingerprint density at radius 3 is 2.17 bits per heavy atom. The Morgan fingerprint density at radius 1 is 1.25 bits per heavy atom. The molecule has 12 heavy (non-hydrogen) atoms. The highest BCUT2D eigenvalue weighted by atomic mass is 27.0. The van der Waals surface area contributed by atoms with E-state index in [1.165, 1.54) is 0 Å². The van der Waals surface area contributed by atoms with Crippen LogP contribution in [-0.2, 0) is 0 Å². The fraction of sp³-hybridized carbons (Fsp3) is 0. The predicted molar refractivity (Wildman–Crippen MR) is 51.5 cm³/mol. The predicted octanol–water partition coefficient (Wildman–Crippen LogP) is 0.542. The minimum absolute atomic E-state index is 0. The van der Waals surface area contributed by atoms with Crippen LogP contribution >= 0.6 is 0 Å². The number of nitroso groups, excluding NO2 is 1. The normalized spacial score (nSPS) is 7.42. The van der Waals surface area contributed by atoms with Crippen LogP contribution < -0.4 is 11.3 Å². The first-order valence-electron chi connectivity index (χ1n) is 2.72. The molecule has 0 spiro atoms. The third-order valence-electron chi connectivity index (χ3n) is 1.06. The van der Waals surface area contributed by atoms with Crippen LogP contribution in [0.3, 0.4) is 0 Å². The number of hydrogen-bond acceptors (Lipinski definition) is 4. The zero-order valence-electron chi connectivity index (χ0n) is 5.84. The summed E-state index contributed by atoms with van der Waals surface area (Å²) in [5, 5.41) is 11.3. The van der Waals surface area contributed by atoms with Crippen LogP contribution in [0.5, 0.6) is 0 Å². The average Bonchev–Trinajstić information content (AvgIpc) is 2.05. The Hall–Kier alpha value is -0.928. The van der Waals surface area contributed by atoms with Gasteiger partial charge in [-0.3, -0.25) is 5.21 Å². The fourth-order valence-electron chi connectivity index (χ4n) is 0.608. The van der Waals surface area contributed by atoms with E-state index in [-0.39, 0.29) is 28.7 Å². The van der Waals surface area contributed by atoms with Gasteiger partial charge in [-0.2, -0.15) is 0 Å². The van der Waals surface area contributed by atoms with Crippen LogP contribution in [0.4, 0.5) is 5.69 Å². The van der Waals surface area contributed by atoms with E-state index in [4.69, 9.17) is 5.21 Å². The van der Waals surface area contributed by atoms with Crippen molar-refractivity contribution in [3.8, 4) is 0 Å². The lowest BCUT2D eigenvalue weighted by Gasteiger charge is -2.03. The summed E-state index contributed by atoms with van der Waals surface area (Å²) in [6.07, 6.45) is 0. The Kier molecular flexibility index (Phi) is 7.69. The first kappa shape index (κ1) is 13.6. The summed E-state index contributed by atoms with van der Waals surface area (Å²) in [5.41, 5.74) is 0.359. The summed E-state index contributed by atoms with van der Waals surface area (Å²) in [6, 6.07) is 8.32. The molecular weight excluding hydrogens is 173 g/mol. The summed E-state index contributed by atoms with van der Waals surface area (Å²) in [4.78, 5) is 9.73. The smallest absolute Gasteiger partial charge is 0.187 e. The minimum Gasteiger partial charge on any atom is -0.344 e. The fourth-order valence-corrected chi connectivity index (χ4v) is 0.608. The van der Waals surface area contributed by atoms with E-state index in [0.29, 0.717) is 5.69 Å². The molecule has 0 atom stereocenters. The highest BCUT2D eigenvalue weighted by molar-refractivity contribution is 5.75. The molecule has 6 heteroatoms. The van der Waals surface area contributed by atoms with Crippen molar-refractivity contribution in [2.24, 2.45) is 5.29 Å². The molecule has 5 nitrogen and oxygen atoms in total. The van der Waals surface area contributed by atoms with Crippen molar-refractivity contribution in [1.29, 1.82) is 0 Å². The van der Waals surface area contributed by atoms with Crippen LogP contribution in [-0.4, -0.2) is 22.6 Å². The number of anilines is 1. The monoisotopic (exact) mass is 185 g/mol. The topological polar surface area (TPSA) is 87.9 Å². The van der Waals surface area contributed by atoms with Gasteiger partial charge in [0.1, 0.15) is 0 Å². The molecule has 0 aromatic heterocycles. The molecule has 1 aromatic rings. The zero-order chi connectivity index (χ0) is 7.40. The van der Waals surface area contributed by atoms with Crippen molar-refractivity contribution < 1.29 is 5.21 Å². The first-order valence-corrected chi connectivity index (χ1v) is 2.72. The summed E-state index contributed by atoms with van der Waals surface area (Å²) in [7, 11) is 0. The number of nitrogens with zero attached hydrogens (tertiary/aromatic N) is 2. The average molecular weight is 185 g/mol. The van der Waals surface area contributed by atoms with Gasteiger partial charge in [0.05, 0.1) is 11.0 Å². The molecule has 0 aliphatic rings. The number of rotatable bonds is 2. The van der Waals surface area contributed by atoms with Gasteiger partial charge in [-0.15, -0.1) is 10.1 Å². The van der Waals surface area contributed by atoms with Gasteiger partial charge in [0.15, 0.2) is 17.4 Å². The SMILES string of the molecule is N.O=NN(O)c1ccccc1.[AlH3]. The molecule has 0 fully saturated rings. The number of hydrogen-bond donors (Lipinski definition) is 2. The molecule has 0 aliphatic heterocycles. The van der Waals surface area contributed by atoms with Gasteiger partial charge in [-0.05, 0) is 12.1 Å². The van der Waals surface area contributed by atoms with Crippen molar-refractivity contribution >= 4 is 23.0 Å². The number of benzene rings is 1. The van der Waals surface area contributed by atoms with Gasteiger partial charge >= 0.3 is 0 Å². The third-order valence-corrected chi connectivity index (χ3v) is 1.06. The molecule has 0 aliphatic carbocycles. The highest BCUT2D eigenvalue weighted by Gasteiger charge is 1.97. The molecule has 0 unspecified atom stereocenters. The van der Waals surface area contributed by atoms with Gasteiger partial charge in [0.25, 0.3) is 0 Å². The summed E-state index contributed by atoms with van der Waals surface area (Å²) in [6.45, 7) is 0. The van der Waals surface area contributed by atoms with Crippen LogP contribution in [0.15, 0.2) is 35.6 Å². The van der Waals surface area contributed by atoms with Crippen LogP contribution in [0.25, 0.3) is 0 Å². The second-order valence-electron chi connectivity index (χ2n) is 1.71. The molecule has 66 valence electrons. The van der Waals surface area contributed by atoms with E-state index >= 15 is 0 Å². The van der Waals surface area contributed by atoms with Crippen LogP contribution in [0, 0.1) is 4.91 Å². The maximum Gasteiger partial charge on any atom is 0.187 e. The maximum absolute atomic E-state index is 9.73. The van der Waals surface area contributed by atoms with Crippen molar-refractivity contribution in [2.75, 3.05) is 5.17 Å². The standard InChI is InChI=1S/C6H6N2O2.Al.H3N.3H/c9-7-8(10)6-4-2-1-3-5-6;;;;;/h1-5,10H;;1H3;;;. The summed E-state index contributed by atoms with van der Waals surface area (Å²) >= 11 is 0. The molecule has 1 rings (SSSR count). The van der Waals surface area contributed by atoms with Gasteiger partial charge in [0, 0.05) is 0 Å². The van der Waals surface area contributed by atoms with Gasteiger partial charge in [-0.25, -0.2) is 0 Å². The largest absolute Gasteiger partial charge is 0.344 e. The Bertz CT molecular complexity index is 219. The van der Waals surface area contributed by atoms with Gasteiger partial charge in [-0.1, -0.05) is 18.2 Å². The minimum atomic E-state index is 0. The molecular formula is C6H12AlN3O2. The van der Waals surface area contributed by atoms with Crippen molar-refractivity contribution in [3.63, 3.8) is 0 Å². The van der Waals surface area contributed by atoms with E-state index < -0.39 is 0 Å².